The van der Waals surface area contributed by atoms with Gasteiger partial charge in [-0.15, -0.1) is 0 Å². The molecule has 0 heterocycles. The van der Waals surface area contributed by atoms with Crippen LogP contribution in [0.2, 0.25) is 0 Å². The fourth-order valence-corrected chi connectivity index (χ4v) is 3.46. The van der Waals surface area contributed by atoms with Crippen LogP contribution < -0.4 is 21.7 Å². The van der Waals surface area contributed by atoms with E-state index in [0.29, 0.717) is 18.6 Å². The number of thioether (sulfide) groups is 1. The number of carbonyl (C=O) groups excluding carboxylic acids is 3. The highest BCUT2D eigenvalue weighted by Crippen LogP contribution is 2.11. The number of carboxylic acids is 2. The van der Waals surface area contributed by atoms with Crippen molar-refractivity contribution in [1.29, 1.82) is 0 Å². The van der Waals surface area contributed by atoms with E-state index < -0.39 is 60.2 Å². The largest absolute Gasteiger partial charge is 0.481 e. The number of nitrogens with one attached hydrogen (secondary N) is 3. The Hall–Kier alpha value is -2.34. The highest BCUT2D eigenvalue weighted by atomic mass is 32.2. The van der Waals surface area contributed by atoms with Crippen molar-refractivity contribution in [3.63, 3.8) is 0 Å². The highest BCUT2D eigenvalue weighted by Gasteiger charge is 2.33. The molecule has 0 aromatic heterocycles. The van der Waals surface area contributed by atoms with E-state index in [1.807, 2.05) is 20.1 Å². The molecule has 0 aliphatic carbocycles. The highest BCUT2D eigenvalue weighted by molar-refractivity contribution is 7.98. The standard InChI is InChI=1S/C21H38N4O7S/c1-6-12(4)17(20(30)23-14(21(31)32)7-8-33-5)25-19(29)15(10-16(26)27)24-18(28)13(22)9-11(2)3/h11-15,17H,6-10,22H2,1-5H3,(H,23,30)(H,24,28)(H,25,29)(H,26,27)(H,31,32). The van der Waals surface area contributed by atoms with E-state index in [4.69, 9.17) is 5.73 Å². The van der Waals surface area contributed by atoms with E-state index in [9.17, 15) is 34.2 Å². The summed E-state index contributed by atoms with van der Waals surface area (Å²) in [6.07, 6.45) is 2.14. The lowest BCUT2D eigenvalue weighted by Crippen LogP contribution is -2.59. The van der Waals surface area contributed by atoms with Gasteiger partial charge in [0.1, 0.15) is 18.1 Å². The number of hydrogen-bond donors (Lipinski definition) is 6. The molecule has 5 atom stereocenters. The number of carbonyl (C=O) groups is 5. The predicted molar refractivity (Wildman–Crippen MR) is 126 cm³/mol. The fourth-order valence-electron chi connectivity index (χ4n) is 2.99. The van der Waals surface area contributed by atoms with E-state index in [1.165, 1.54) is 11.8 Å². The molecular formula is C21H38N4O7S. The van der Waals surface area contributed by atoms with Crippen molar-refractivity contribution in [2.45, 2.75) is 77.5 Å². The van der Waals surface area contributed by atoms with Crippen LogP contribution in [-0.2, 0) is 24.0 Å². The third kappa shape index (κ3) is 11.9. The first-order valence-electron chi connectivity index (χ1n) is 10.9. The zero-order valence-corrected chi connectivity index (χ0v) is 20.7. The molecule has 190 valence electrons. The molecule has 0 aromatic rings. The molecule has 0 aliphatic rings. The molecule has 3 amide bonds. The van der Waals surface area contributed by atoms with Gasteiger partial charge in [-0.1, -0.05) is 34.1 Å². The summed E-state index contributed by atoms with van der Waals surface area (Å²) in [7, 11) is 0. The van der Waals surface area contributed by atoms with Crippen LogP contribution in [0.3, 0.4) is 0 Å². The Balaban J connectivity index is 5.53. The smallest absolute Gasteiger partial charge is 0.326 e. The Kier molecular flexibility index (Phi) is 14.4. The molecule has 0 bridgehead atoms. The summed E-state index contributed by atoms with van der Waals surface area (Å²) in [5, 5.41) is 25.8. The third-order valence-corrected chi connectivity index (χ3v) is 5.74. The minimum Gasteiger partial charge on any atom is -0.481 e. The normalized spacial score (nSPS) is 15.6. The molecule has 33 heavy (non-hydrogen) atoms. The van der Waals surface area contributed by atoms with Crippen LogP contribution in [0.25, 0.3) is 0 Å². The molecular weight excluding hydrogens is 452 g/mol. The number of nitrogens with two attached hydrogens (primary N) is 1. The predicted octanol–water partition coefficient (Wildman–Crippen LogP) is 0.173. The minimum absolute atomic E-state index is 0.115. The van der Waals surface area contributed by atoms with Crippen LogP contribution in [0.4, 0.5) is 0 Å². The summed E-state index contributed by atoms with van der Waals surface area (Å²) in [5.74, 6) is -4.49. The van der Waals surface area contributed by atoms with E-state index in [1.54, 1.807) is 13.8 Å². The second-order valence-electron chi connectivity index (χ2n) is 8.45. The zero-order valence-electron chi connectivity index (χ0n) is 19.9. The van der Waals surface area contributed by atoms with E-state index >= 15 is 0 Å². The van der Waals surface area contributed by atoms with E-state index in [0.717, 1.165) is 0 Å². The molecule has 0 aromatic carbocycles. The summed E-state index contributed by atoms with van der Waals surface area (Å²) in [5.41, 5.74) is 5.83. The Morgan fingerprint density at radius 1 is 0.909 bits per heavy atom. The van der Waals surface area contributed by atoms with Crippen molar-refractivity contribution < 1.29 is 34.2 Å². The summed E-state index contributed by atoms with van der Waals surface area (Å²) in [6, 6.07) is -4.61. The van der Waals surface area contributed by atoms with Crippen LogP contribution in [0.1, 0.15) is 53.4 Å². The van der Waals surface area contributed by atoms with Crippen molar-refractivity contribution in [2.75, 3.05) is 12.0 Å². The molecule has 0 saturated heterocycles. The van der Waals surface area contributed by atoms with Gasteiger partial charge in [-0.05, 0) is 36.7 Å². The zero-order chi connectivity index (χ0) is 25.7. The number of rotatable bonds is 16. The first-order valence-corrected chi connectivity index (χ1v) is 12.3. The second kappa shape index (κ2) is 15.5. The van der Waals surface area contributed by atoms with Crippen molar-refractivity contribution in [3.8, 4) is 0 Å². The maximum Gasteiger partial charge on any atom is 0.326 e. The lowest BCUT2D eigenvalue weighted by Gasteiger charge is -2.27. The molecule has 12 heteroatoms. The van der Waals surface area contributed by atoms with Gasteiger partial charge in [0.25, 0.3) is 0 Å². The molecule has 0 spiro atoms. The number of amides is 3. The lowest BCUT2D eigenvalue weighted by atomic mass is 9.97. The van der Waals surface area contributed by atoms with Gasteiger partial charge < -0.3 is 31.9 Å². The van der Waals surface area contributed by atoms with Gasteiger partial charge in [-0.3, -0.25) is 19.2 Å². The average molecular weight is 491 g/mol. The van der Waals surface area contributed by atoms with Gasteiger partial charge in [0.2, 0.25) is 17.7 Å². The summed E-state index contributed by atoms with van der Waals surface area (Å²) < 4.78 is 0. The van der Waals surface area contributed by atoms with Gasteiger partial charge in [0.15, 0.2) is 0 Å². The summed E-state index contributed by atoms with van der Waals surface area (Å²) >= 11 is 1.43. The first-order chi connectivity index (χ1) is 15.3. The van der Waals surface area contributed by atoms with Gasteiger partial charge in [-0.2, -0.15) is 11.8 Å². The van der Waals surface area contributed by atoms with Crippen molar-refractivity contribution in [1.82, 2.24) is 16.0 Å². The summed E-state index contributed by atoms with van der Waals surface area (Å²) in [4.78, 5) is 60.8. The molecule has 5 unspecified atom stereocenters. The molecule has 0 saturated carbocycles. The molecule has 7 N–H and O–H groups in total. The SMILES string of the molecule is CCC(C)C(NC(=O)C(CC(=O)O)NC(=O)C(N)CC(C)C)C(=O)NC(CCSC)C(=O)O. The van der Waals surface area contributed by atoms with Crippen LogP contribution in [0.15, 0.2) is 0 Å². The number of aliphatic carboxylic acids is 2. The number of carboxylic acid groups (broad SMARTS) is 2. The minimum atomic E-state index is -1.45. The second-order valence-corrected chi connectivity index (χ2v) is 9.43. The Morgan fingerprint density at radius 3 is 1.94 bits per heavy atom. The third-order valence-electron chi connectivity index (χ3n) is 5.09. The maximum absolute atomic E-state index is 12.9. The molecule has 0 radical (unpaired) electrons. The number of hydrogen-bond acceptors (Lipinski definition) is 7. The molecule has 0 rings (SSSR count). The molecule has 11 nitrogen and oxygen atoms in total. The van der Waals surface area contributed by atoms with Crippen LogP contribution in [0, 0.1) is 11.8 Å². The van der Waals surface area contributed by atoms with Gasteiger partial charge in [0, 0.05) is 0 Å². The first kappa shape index (κ1) is 30.7. The lowest BCUT2D eigenvalue weighted by molar-refractivity contribution is -0.143. The maximum atomic E-state index is 12.9. The van der Waals surface area contributed by atoms with Gasteiger partial charge in [-0.25, -0.2) is 4.79 Å². The monoisotopic (exact) mass is 490 g/mol. The van der Waals surface area contributed by atoms with Crippen molar-refractivity contribution in [2.24, 2.45) is 17.6 Å². The molecule has 0 aliphatic heterocycles. The van der Waals surface area contributed by atoms with Crippen LogP contribution in [0.5, 0.6) is 0 Å². The summed E-state index contributed by atoms with van der Waals surface area (Å²) in [6.45, 7) is 7.23. The Labute approximate surface area is 199 Å². The van der Waals surface area contributed by atoms with Crippen molar-refractivity contribution >= 4 is 41.4 Å². The van der Waals surface area contributed by atoms with E-state index in [2.05, 4.69) is 16.0 Å². The van der Waals surface area contributed by atoms with Crippen LogP contribution in [-0.4, -0.2) is 76.0 Å². The average Bonchev–Trinajstić information content (AvgIpc) is 2.72. The van der Waals surface area contributed by atoms with Gasteiger partial charge >= 0.3 is 11.9 Å². The van der Waals surface area contributed by atoms with E-state index in [-0.39, 0.29) is 18.3 Å². The Morgan fingerprint density at radius 2 is 1.48 bits per heavy atom. The van der Waals surface area contributed by atoms with Gasteiger partial charge in [0.05, 0.1) is 12.5 Å². The Bertz CT molecular complexity index is 690. The van der Waals surface area contributed by atoms with Crippen molar-refractivity contribution in [3.05, 3.63) is 0 Å². The van der Waals surface area contributed by atoms with Crippen LogP contribution >= 0.6 is 11.8 Å². The molecule has 0 fully saturated rings. The topological polar surface area (TPSA) is 188 Å². The quantitative estimate of drug-likeness (QED) is 0.175. The fraction of sp³-hybridized carbons (Fsp3) is 0.762.